The monoisotopic (exact) mass is 354 g/mol. The Labute approximate surface area is 151 Å². The number of aryl methyl sites for hydroxylation is 2. The van der Waals surface area contributed by atoms with Gasteiger partial charge in [0.05, 0.1) is 18.0 Å². The topological polar surface area (TPSA) is 66.9 Å². The molecule has 6 heteroatoms. The van der Waals surface area contributed by atoms with Crippen LogP contribution in [0.1, 0.15) is 36.2 Å². The lowest BCUT2D eigenvalue weighted by molar-refractivity contribution is -0.120. The van der Waals surface area contributed by atoms with E-state index < -0.39 is 0 Å². The van der Waals surface area contributed by atoms with Crippen molar-refractivity contribution in [2.75, 3.05) is 11.9 Å². The van der Waals surface area contributed by atoms with Crippen LogP contribution in [-0.2, 0) is 11.2 Å². The van der Waals surface area contributed by atoms with E-state index in [0.717, 1.165) is 28.0 Å². The summed E-state index contributed by atoms with van der Waals surface area (Å²) in [6.45, 7) is 6.15. The van der Waals surface area contributed by atoms with Crippen molar-refractivity contribution < 1.29 is 4.79 Å². The smallest absolute Gasteiger partial charge is 0.239 e. The van der Waals surface area contributed by atoms with Crippen molar-refractivity contribution in [1.82, 2.24) is 15.3 Å². The van der Waals surface area contributed by atoms with E-state index in [-0.39, 0.29) is 18.5 Å². The van der Waals surface area contributed by atoms with E-state index >= 15 is 0 Å². The quantitative estimate of drug-likeness (QED) is 0.705. The Balaban J connectivity index is 1.68. The lowest BCUT2D eigenvalue weighted by Crippen LogP contribution is -2.32. The molecule has 0 saturated carbocycles. The van der Waals surface area contributed by atoms with Gasteiger partial charge in [0.15, 0.2) is 0 Å². The van der Waals surface area contributed by atoms with E-state index in [0.29, 0.717) is 5.82 Å². The van der Waals surface area contributed by atoms with Crippen LogP contribution >= 0.6 is 11.3 Å². The molecule has 1 amide bonds. The SMILES string of the molecule is CCc1cc2c(NCC(=O)NC(C)c3ccccc3)nc(C)nc2s1. The number of aromatic nitrogens is 2. The minimum absolute atomic E-state index is 0.0319. The lowest BCUT2D eigenvalue weighted by atomic mass is 10.1. The zero-order valence-corrected chi connectivity index (χ0v) is 15.5. The summed E-state index contributed by atoms with van der Waals surface area (Å²) in [6, 6.07) is 12.0. The van der Waals surface area contributed by atoms with Crippen LogP contribution in [0.2, 0.25) is 0 Å². The summed E-state index contributed by atoms with van der Waals surface area (Å²) >= 11 is 1.68. The molecule has 0 bridgehead atoms. The third kappa shape index (κ3) is 4.14. The molecule has 3 rings (SSSR count). The number of hydrogen-bond donors (Lipinski definition) is 2. The highest BCUT2D eigenvalue weighted by molar-refractivity contribution is 7.18. The number of carbonyl (C=O) groups excluding carboxylic acids is 1. The maximum absolute atomic E-state index is 12.3. The second kappa shape index (κ2) is 7.61. The molecule has 0 aliphatic heterocycles. The maximum atomic E-state index is 12.3. The number of hydrogen-bond acceptors (Lipinski definition) is 5. The van der Waals surface area contributed by atoms with E-state index in [4.69, 9.17) is 0 Å². The Morgan fingerprint density at radius 2 is 2.00 bits per heavy atom. The number of thiophene rings is 1. The molecule has 3 aromatic rings. The van der Waals surface area contributed by atoms with Crippen LogP contribution in [0.4, 0.5) is 5.82 Å². The highest BCUT2D eigenvalue weighted by Gasteiger charge is 2.12. The summed E-state index contributed by atoms with van der Waals surface area (Å²) in [5.41, 5.74) is 1.08. The van der Waals surface area contributed by atoms with Gasteiger partial charge in [-0.2, -0.15) is 0 Å². The molecule has 1 unspecified atom stereocenters. The number of nitrogens with zero attached hydrogens (tertiary/aromatic N) is 2. The zero-order chi connectivity index (χ0) is 17.8. The first kappa shape index (κ1) is 17.4. The fourth-order valence-electron chi connectivity index (χ4n) is 2.67. The molecule has 0 saturated heterocycles. The van der Waals surface area contributed by atoms with Crippen LogP contribution in [0.5, 0.6) is 0 Å². The van der Waals surface area contributed by atoms with Gasteiger partial charge in [-0.15, -0.1) is 11.3 Å². The minimum atomic E-state index is -0.0632. The number of anilines is 1. The summed E-state index contributed by atoms with van der Waals surface area (Å²) < 4.78 is 0. The van der Waals surface area contributed by atoms with Gasteiger partial charge in [0.2, 0.25) is 5.91 Å². The van der Waals surface area contributed by atoms with Crippen LogP contribution < -0.4 is 10.6 Å². The average Bonchev–Trinajstić information content (AvgIpc) is 3.03. The molecule has 25 heavy (non-hydrogen) atoms. The molecule has 1 aromatic carbocycles. The van der Waals surface area contributed by atoms with Crippen molar-refractivity contribution >= 4 is 33.3 Å². The predicted molar refractivity (Wildman–Crippen MR) is 103 cm³/mol. The number of nitrogens with one attached hydrogen (secondary N) is 2. The average molecular weight is 354 g/mol. The molecule has 130 valence electrons. The van der Waals surface area contributed by atoms with E-state index in [2.05, 4.69) is 33.6 Å². The Bertz CT molecular complexity index is 876. The van der Waals surface area contributed by atoms with Crippen LogP contribution in [0, 0.1) is 6.92 Å². The molecular formula is C19H22N4OS. The molecule has 5 nitrogen and oxygen atoms in total. The van der Waals surface area contributed by atoms with Crippen LogP contribution in [0.3, 0.4) is 0 Å². The summed E-state index contributed by atoms with van der Waals surface area (Å²) in [5.74, 6) is 1.37. The van der Waals surface area contributed by atoms with Crippen LogP contribution in [0.25, 0.3) is 10.2 Å². The predicted octanol–water partition coefficient (Wildman–Crippen LogP) is 3.85. The number of benzene rings is 1. The van der Waals surface area contributed by atoms with Gasteiger partial charge in [-0.1, -0.05) is 37.3 Å². The first-order valence-corrected chi connectivity index (χ1v) is 9.23. The molecule has 0 spiro atoms. The summed E-state index contributed by atoms with van der Waals surface area (Å²) in [6.07, 6.45) is 0.967. The van der Waals surface area contributed by atoms with Gasteiger partial charge in [0.1, 0.15) is 16.5 Å². The van der Waals surface area contributed by atoms with Crippen molar-refractivity contribution in [3.8, 4) is 0 Å². The molecule has 0 radical (unpaired) electrons. The standard InChI is InChI=1S/C19H22N4OS/c1-4-15-10-16-18(22-13(3)23-19(16)25-15)20-11-17(24)21-12(2)14-8-6-5-7-9-14/h5-10,12H,4,11H2,1-3H3,(H,21,24)(H,20,22,23). The van der Waals surface area contributed by atoms with Gasteiger partial charge in [-0.3, -0.25) is 4.79 Å². The third-order valence-electron chi connectivity index (χ3n) is 4.00. The molecule has 0 aliphatic carbocycles. The van der Waals surface area contributed by atoms with E-state index in [1.54, 1.807) is 11.3 Å². The maximum Gasteiger partial charge on any atom is 0.239 e. The minimum Gasteiger partial charge on any atom is -0.360 e. The number of carbonyl (C=O) groups is 1. The van der Waals surface area contributed by atoms with Gasteiger partial charge in [-0.05, 0) is 31.9 Å². The largest absolute Gasteiger partial charge is 0.360 e. The fourth-order valence-corrected chi connectivity index (χ4v) is 3.68. The van der Waals surface area contributed by atoms with E-state index in [9.17, 15) is 4.79 Å². The third-order valence-corrected chi connectivity index (χ3v) is 5.17. The van der Waals surface area contributed by atoms with Crippen molar-refractivity contribution in [3.05, 3.63) is 52.7 Å². The normalized spacial score (nSPS) is 12.1. The van der Waals surface area contributed by atoms with Crippen molar-refractivity contribution in [2.45, 2.75) is 33.2 Å². The Morgan fingerprint density at radius 1 is 1.24 bits per heavy atom. The van der Waals surface area contributed by atoms with E-state index in [1.165, 1.54) is 4.88 Å². The van der Waals surface area contributed by atoms with Crippen molar-refractivity contribution in [3.63, 3.8) is 0 Å². The second-order valence-corrected chi connectivity index (χ2v) is 7.07. The molecule has 2 N–H and O–H groups in total. The van der Waals surface area contributed by atoms with Gasteiger partial charge < -0.3 is 10.6 Å². The fraction of sp³-hybridized carbons (Fsp3) is 0.316. The molecule has 2 aromatic heterocycles. The highest BCUT2D eigenvalue weighted by atomic mass is 32.1. The summed E-state index contributed by atoms with van der Waals surface area (Å²) in [7, 11) is 0. The Kier molecular flexibility index (Phi) is 5.28. The second-order valence-electron chi connectivity index (χ2n) is 5.96. The molecule has 0 aliphatic rings. The van der Waals surface area contributed by atoms with Crippen molar-refractivity contribution in [1.29, 1.82) is 0 Å². The molecular weight excluding hydrogens is 332 g/mol. The first-order valence-electron chi connectivity index (χ1n) is 8.42. The number of fused-ring (bicyclic) bond motifs is 1. The molecule has 1 atom stereocenters. The number of amides is 1. The number of rotatable bonds is 6. The van der Waals surface area contributed by atoms with Gasteiger partial charge in [-0.25, -0.2) is 9.97 Å². The van der Waals surface area contributed by atoms with Gasteiger partial charge in [0, 0.05) is 4.88 Å². The van der Waals surface area contributed by atoms with Gasteiger partial charge >= 0.3 is 0 Å². The Morgan fingerprint density at radius 3 is 2.72 bits per heavy atom. The van der Waals surface area contributed by atoms with E-state index in [1.807, 2.05) is 44.2 Å². The molecule has 2 heterocycles. The highest BCUT2D eigenvalue weighted by Crippen LogP contribution is 2.29. The van der Waals surface area contributed by atoms with Crippen molar-refractivity contribution in [2.24, 2.45) is 0 Å². The van der Waals surface area contributed by atoms with Crippen LogP contribution in [-0.4, -0.2) is 22.4 Å². The first-order chi connectivity index (χ1) is 12.1. The van der Waals surface area contributed by atoms with Crippen LogP contribution in [0.15, 0.2) is 36.4 Å². The summed E-state index contributed by atoms with van der Waals surface area (Å²) in [5, 5.41) is 7.15. The summed E-state index contributed by atoms with van der Waals surface area (Å²) in [4.78, 5) is 23.4. The van der Waals surface area contributed by atoms with Gasteiger partial charge in [0.25, 0.3) is 0 Å². The zero-order valence-electron chi connectivity index (χ0n) is 14.7. The Hall–Kier alpha value is -2.47. The lowest BCUT2D eigenvalue weighted by Gasteiger charge is -2.15. The molecule has 0 fully saturated rings.